The van der Waals surface area contributed by atoms with Crippen LogP contribution in [0.3, 0.4) is 0 Å². The maximum atomic E-state index is 12.4. The van der Waals surface area contributed by atoms with Crippen LogP contribution in [0.4, 0.5) is 0 Å². The van der Waals surface area contributed by atoms with Crippen molar-refractivity contribution in [2.45, 2.75) is 64.6 Å². The minimum atomic E-state index is -1.95. The first-order chi connectivity index (χ1) is 9.84. The molecular formula is C13H27N3O4P+. The highest BCUT2D eigenvalue weighted by atomic mass is 31.1. The Morgan fingerprint density at radius 3 is 2.33 bits per heavy atom. The number of rotatable bonds is 11. The number of hydrogen-bond acceptors (Lipinski definition) is 6. The van der Waals surface area contributed by atoms with Gasteiger partial charge in [-0.3, -0.25) is 0 Å². The molecule has 0 aliphatic heterocycles. The summed E-state index contributed by atoms with van der Waals surface area (Å²) in [6.45, 7) is 8.00. The molecular weight excluding hydrogens is 293 g/mol. The lowest BCUT2D eigenvalue weighted by molar-refractivity contribution is -0.323. The molecule has 8 heteroatoms. The Bertz CT molecular complexity index is 339. The van der Waals surface area contributed by atoms with E-state index in [1.807, 2.05) is 33.8 Å². The molecule has 3 N–H and O–H groups in total. The van der Waals surface area contributed by atoms with Crippen molar-refractivity contribution in [3.05, 3.63) is 0 Å². The maximum Gasteiger partial charge on any atom is 0.467 e. The number of nitrogens with two attached hydrogens (primary N) is 1. The third-order valence-electron chi connectivity index (χ3n) is 2.78. The number of aliphatic hydroxyl groups is 1. The van der Waals surface area contributed by atoms with Crippen molar-refractivity contribution in [1.29, 1.82) is 5.26 Å². The molecule has 3 atom stereocenters. The van der Waals surface area contributed by atoms with E-state index in [4.69, 9.17) is 20.8 Å². The molecule has 0 radical (unpaired) electrons. The number of nitrogens with zero attached hydrogens (tertiary/aromatic N) is 2. The van der Waals surface area contributed by atoms with E-state index in [1.54, 1.807) is 4.67 Å². The van der Waals surface area contributed by atoms with Crippen LogP contribution in [0.1, 0.15) is 40.5 Å². The molecule has 122 valence electrons. The first kappa shape index (κ1) is 20.4. The summed E-state index contributed by atoms with van der Waals surface area (Å²) in [6, 6.07) is 2.04. The molecule has 0 fully saturated rings. The summed E-state index contributed by atoms with van der Waals surface area (Å²) in [7, 11) is -1.95. The van der Waals surface area contributed by atoms with Crippen molar-refractivity contribution < 1.29 is 19.4 Å². The van der Waals surface area contributed by atoms with Gasteiger partial charge in [-0.05, 0) is 32.3 Å². The Kier molecular flexibility index (Phi) is 10.7. The van der Waals surface area contributed by atoms with Crippen LogP contribution in [0, 0.1) is 11.3 Å². The minimum Gasteiger partial charge on any atom is -0.349 e. The molecule has 0 spiro atoms. The summed E-state index contributed by atoms with van der Waals surface area (Å²) in [6.07, 6.45) is -0.227. The van der Waals surface area contributed by atoms with Gasteiger partial charge in [0.05, 0.1) is 25.5 Å². The highest BCUT2D eigenvalue weighted by Gasteiger charge is 2.41. The van der Waals surface area contributed by atoms with Crippen LogP contribution in [-0.2, 0) is 14.3 Å². The largest absolute Gasteiger partial charge is 0.467 e. The van der Waals surface area contributed by atoms with Gasteiger partial charge in [-0.2, -0.15) is 5.26 Å². The summed E-state index contributed by atoms with van der Waals surface area (Å²) < 4.78 is 14.2. The zero-order chi connectivity index (χ0) is 16.4. The molecule has 2 unspecified atom stereocenters. The number of nitriles is 1. The predicted molar refractivity (Wildman–Crippen MR) is 80.5 cm³/mol. The van der Waals surface area contributed by atoms with E-state index in [0.717, 1.165) is 0 Å². The molecule has 7 nitrogen and oxygen atoms in total. The fraction of sp³-hybridized carbons (Fsp3) is 0.923. The molecule has 0 aromatic rings. The molecule has 0 aromatic heterocycles. The van der Waals surface area contributed by atoms with Gasteiger partial charge in [0.25, 0.3) is 5.85 Å². The molecule has 0 bridgehead atoms. The van der Waals surface area contributed by atoms with E-state index in [0.29, 0.717) is 0 Å². The van der Waals surface area contributed by atoms with Crippen molar-refractivity contribution >= 4 is 7.95 Å². The lowest BCUT2D eigenvalue weighted by Gasteiger charge is -2.21. The summed E-state index contributed by atoms with van der Waals surface area (Å²) >= 11 is 0. The van der Waals surface area contributed by atoms with Gasteiger partial charge >= 0.3 is 7.95 Å². The van der Waals surface area contributed by atoms with Gasteiger partial charge in [0.1, 0.15) is 6.10 Å². The minimum absolute atomic E-state index is 0.0624. The quantitative estimate of drug-likeness (QED) is 0.258. The molecule has 21 heavy (non-hydrogen) atoms. The Hall–Kier alpha value is -0.610. The number of hydrogen-bond donors (Lipinski definition) is 2. The average molecular weight is 320 g/mol. The van der Waals surface area contributed by atoms with Crippen molar-refractivity contribution in [2.24, 2.45) is 5.73 Å². The topological polar surface area (TPSA) is 109 Å². The molecule has 0 heterocycles. The van der Waals surface area contributed by atoms with Crippen LogP contribution in [0.2, 0.25) is 0 Å². The van der Waals surface area contributed by atoms with E-state index in [1.165, 1.54) is 0 Å². The summed E-state index contributed by atoms with van der Waals surface area (Å²) in [4.78, 5) is 9.87. The van der Waals surface area contributed by atoms with E-state index >= 15 is 0 Å². The van der Waals surface area contributed by atoms with Gasteiger partial charge < -0.3 is 10.8 Å². The smallest absolute Gasteiger partial charge is 0.349 e. The molecule has 0 rings (SSSR count). The van der Waals surface area contributed by atoms with Crippen molar-refractivity contribution in [3.63, 3.8) is 0 Å². The first-order valence-electron chi connectivity index (χ1n) is 7.13. The van der Waals surface area contributed by atoms with Gasteiger partial charge in [-0.1, -0.05) is 4.67 Å². The van der Waals surface area contributed by atoms with E-state index < -0.39 is 19.9 Å². The predicted octanol–water partition coefficient (Wildman–Crippen LogP) is 1.75. The SMILES string of the molecule is CC(C)N(C(C)C)[P+](=O)[C@H](O)CC(CN)OOCCC#N. The van der Waals surface area contributed by atoms with Crippen molar-refractivity contribution in [1.82, 2.24) is 4.67 Å². The zero-order valence-electron chi connectivity index (χ0n) is 13.2. The Morgan fingerprint density at radius 2 is 1.90 bits per heavy atom. The third kappa shape index (κ3) is 7.82. The van der Waals surface area contributed by atoms with Crippen molar-refractivity contribution in [3.8, 4) is 6.07 Å². The van der Waals surface area contributed by atoms with Gasteiger partial charge in [0.15, 0.2) is 0 Å². The van der Waals surface area contributed by atoms with Gasteiger partial charge in [0, 0.05) is 18.6 Å². The van der Waals surface area contributed by atoms with Crippen LogP contribution >= 0.6 is 7.95 Å². The van der Waals surface area contributed by atoms with E-state index in [9.17, 15) is 9.67 Å². The Labute approximate surface area is 127 Å². The molecule has 0 aliphatic carbocycles. The maximum absolute atomic E-state index is 12.4. The first-order valence-corrected chi connectivity index (χ1v) is 8.41. The second-order valence-electron chi connectivity index (χ2n) is 5.27. The Balaban J connectivity index is 4.44. The molecule has 0 aliphatic rings. The Morgan fingerprint density at radius 1 is 1.33 bits per heavy atom. The summed E-state index contributed by atoms with van der Waals surface area (Å²) in [5.74, 6) is -1.04. The fourth-order valence-electron chi connectivity index (χ4n) is 1.94. The number of aliphatic hydroxyl groups excluding tert-OH is 1. The molecule has 0 saturated heterocycles. The molecule has 0 amide bonds. The van der Waals surface area contributed by atoms with Gasteiger partial charge in [0.2, 0.25) is 0 Å². The third-order valence-corrected chi connectivity index (χ3v) is 4.88. The highest BCUT2D eigenvalue weighted by molar-refractivity contribution is 7.42. The second-order valence-corrected chi connectivity index (χ2v) is 6.93. The highest BCUT2D eigenvalue weighted by Crippen LogP contribution is 2.38. The van der Waals surface area contributed by atoms with E-state index in [-0.39, 0.29) is 38.1 Å². The zero-order valence-corrected chi connectivity index (χ0v) is 14.1. The van der Waals surface area contributed by atoms with Gasteiger partial charge in [-0.25, -0.2) is 9.78 Å². The van der Waals surface area contributed by atoms with Crippen LogP contribution in [0.25, 0.3) is 0 Å². The van der Waals surface area contributed by atoms with Crippen molar-refractivity contribution in [2.75, 3.05) is 13.2 Å². The molecule has 0 aromatic carbocycles. The normalized spacial score (nSPS) is 15.3. The van der Waals surface area contributed by atoms with E-state index in [2.05, 4.69) is 0 Å². The van der Waals surface area contributed by atoms with Gasteiger partial charge in [-0.15, -0.1) is 0 Å². The van der Waals surface area contributed by atoms with Crippen LogP contribution < -0.4 is 5.73 Å². The average Bonchev–Trinajstić information content (AvgIpc) is 2.41. The van der Waals surface area contributed by atoms with Crippen LogP contribution in [0.15, 0.2) is 0 Å². The fourth-order valence-corrected chi connectivity index (χ4v) is 3.57. The van der Waals surface area contributed by atoms with Crippen LogP contribution in [0.5, 0.6) is 0 Å². The summed E-state index contributed by atoms with van der Waals surface area (Å²) in [5.41, 5.74) is 5.54. The van der Waals surface area contributed by atoms with Crippen LogP contribution in [-0.4, -0.2) is 47.0 Å². The lowest BCUT2D eigenvalue weighted by Crippen LogP contribution is -2.35. The molecule has 0 saturated carbocycles. The second kappa shape index (κ2) is 11.0. The summed E-state index contributed by atoms with van der Waals surface area (Å²) in [5, 5.41) is 18.5. The monoisotopic (exact) mass is 320 g/mol. The standard InChI is InChI=1S/C13H27N3O4P/c1-10(2)16(11(3)4)21(18)13(17)8-12(9-15)20-19-7-5-6-14/h10-13,17H,5,7-9,15H2,1-4H3/q+1/t12?,13-/m0/s1. The lowest BCUT2D eigenvalue weighted by atomic mass is 10.3.